The van der Waals surface area contributed by atoms with Gasteiger partial charge < -0.3 is 15.5 Å². The molecule has 1 saturated heterocycles. The van der Waals surface area contributed by atoms with Gasteiger partial charge >= 0.3 is 0 Å². The van der Waals surface area contributed by atoms with E-state index in [2.05, 4.69) is 46.7 Å². The Bertz CT molecular complexity index is 442. The van der Waals surface area contributed by atoms with Gasteiger partial charge in [-0.05, 0) is 44.0 Å². The molecule has 0 saturated carbocycles. The number of benzene rings is 1. The number of nitrogens with one attached hydrogen (secondary N) is 2. The first-order valence-electron chi connectivity index (χ1n) is 7.33. The normalized spacial score (nSPS) is 22.4. The van der Waals surface area contributed by atoms with Crippen molar-refractivity contribution in [2.75, 3.05) is 25.5 Å². The van der Waals surface area contributed by atoms with E-state index < -0.39 is 0 Å². The molecule has 1 aliphatic heterocycles. The third-order valence-electron chi connectivity index (χ3n) is 3.91. The van der Waals surface area contributed by atoms with E-state index in [0.29, 0.717) is 12.6 Å². The molecular weight excluding hydrogens is 250 g/mol. The molecular formula is C16H25N3O. The van der Waals surface area contributed by atoms with E-state index in [1.165, 1.54) is 5.69 Å². The Balaban J connectivity index is 1.83. The van der Waals surface area contributed by atoms with Crippen molar-refractivity contribution in [1.82, 2.24) is 10.6 Å². The lowest BCUT2D eigenvalue weighted by atomic mass is 9.92. The van der Waals surface area contributed by atoms with Crippen molar-refractivity contribution < 1.29 is 4.79 Å². The summed E-state index contributed by atoms with van der Waals surface area (Å²) in [5.74, 6) is 0.349. The standard InChI is InChI=1S/C16H25N3O/c1-12-10-14(8-9-17-12)16(20)18-11-13-4-6-15(7-5-13)19(2)3/h4-7,12,14,17H,8-11H2,1-3H3,(H,18,20). The lowest BCUT2D eigenvalue weighted by Crippen LogP contribution is -2.42. The van der Waals surface area contributed by atoms with E-state index in [1.54, 1.807) is 0 Å². The Hall–Kier alpha value is -1.55. The zero-order valence-electron chi connectivity index (χ0n) is 12.6. The molecule has 0 aromatic heterocycles. The molecule has 2 rings (SSSR count). The van der Waals surface area contributed by atoms with Crippen LogP contribution in [0, 0.1) is 5.92 Å². The fourth-order valence-electron chi connectivity index (χ4n) is 2.62. The molecule has 0 radical (unpaired) electrons. The van der Waals surface area contributed by atoms with E-state index in [4.69, 9.17) is 0 Å². The predicted molar refractivity (Wildman–Crippen MR) is 82.8 cm³/mol. The number of hydrogen-bond acceptors (Lipinski definition) is 3. The number of amides is 1. The fourth-order valence-corrected chi connectivity index (χ4v) is 2.62. The Morgan fingerprint density at radius 2 is 2.05 bits per heavy atom. The van der Waals surface area contributed by atoms with Gasteiger partial charge in [-0.2, -0.15) is 0 Å². The second-order valence-corrected chi connectivity index (χ2v) is 5.86. The molecule has 1 aromatic rings. The molecule has 1 aliphatic rings. The molecule has 2 atom stereocenters. The summed E-state index contributed by atoms with van der Waals surface area (Å²) in [6.45, 7) is 3.70. The maximum absolute atomic E-state index is 12.1. The molecule has 2 N–H and O–H groups in total. The number of hydrogen-bond donors (Lipinski definition) is 2. The molecule has 1 heterocycles. The molecule has 20 heavy (non-hydrogen) atoms. The van der Waals surface area contributed by atoms with Crippen LogP contribution in [0.25, 0.3) is 0 Å². The molecule has 1 fully saturated rings. The third kappa shape index (κ3) is 3.97. The zero-order valence-corrected chi connectivity index (χ0v) is 12.6. The van der Waals surface area contributed by atoms with Crippen molar-refractivity contribution in [3.63, 3.8) is 0 Å². The van der Waals surface area contributed by atoms with Crippen LogP contribution in [-0.2, 0) is 11.3 Å². The Kier molecular flexibility index (Phi) is 5.01. The molecule has 0 spiro atoms. The van der Waals surface area contributed by atoms with Crippen LogP contribution in [0.2, 0.25) is 0 Å². The number of nitrogens with zero attached hydrogens (tertiary/aromatic N) is 1. The van der Waals surface area contributed by atoms with Gasteiger partial charge in [0, 0.05) is 38.3 Å². The summed E-state index contributed by atoms with van der Waals surface area (Å²) in [4.78, 5) is 14.2. The lowest BCUT2D eigenvalue weighted by Gasteiger charge is -2.27. The molecule has 1 amide bonds. The summed E-state index contributed by atoms with van der Waals surface area (Å²) in [6, 6.07) is 8.74. The monoisotopic (exact) mass is 275 g/mol. The van der Waals surface area contributed by atoms with Crippen molar-refractivity contribution in [2.24, 2.45) is 5.92 Å². The molecule has 0 bridgehead atoms. The number of anilines is 1. The summed E-state index contributed by atoms with van der Waals surface area (Å²) in [5.41, 5.74) is 2.32. The summed E-state index contributed by atoms with van der Waals surface area (Å²) in [6.07, 6.45) is 1.88. The van der Waals surface area contributed by atoms with E-state index in [-0.39, 0.29) is 11.8 Å². The summed E-state index contributed by atoms with van der Waals surface area (Å²) in [7, 11) is 4.05. The van der Waals surface area contributed by atoms with Gasteiger partial charge in [-0.1, -0.05) is 12.1 Å². The van der Waals surface area contributed by atoms with Gasteiger partial charge in [0.15, 0.2) is 0 Å². The Morgan fingerprint density at radius 3 is 2.65 bits per heavy atom. The lowest BCUT2D eigenvalue weighted by molar-refractivity contribution is -0.126. The van der Waals surface area contributed by atoms with Gasteiger partial charge in [-0.3, -0.25) is 4.79 Å². The Labute approximate surface area is 121 Å². The van der Waals surface area contributed by atoms with Crippen LogP contribution in [0.3, 0.4) is 0 Å². The summed E-state index contributed by atoms with van der Waals surface area (Å²) >= 11 is 0. The van der Waals surface area contributed by atoms with Crippen LogP contribution < -0.4 is 15.5 Å². The van der Waals surface area contributed by atoms with Gasteiger partial charge in [0.1, 0.15) is 0 Å². The van der Waals surface area contributed by atoms with Crippen molar-refractivity contribution in [3.8, 4) is 0 Å². The largest absolute Gasteiger partial charge is 0.378 e. The topological polar surface area (TPSA) is 44.4 Å². The maximum Gasteiger partial charge on any atom is 0.223 e. The summed E-state index contributed by atoms with van der Waals surface area (Å²) < 4.78 is 0. The average molecular weight is 275 g/mol. The molecule has 4 heteroatoms. The van der Waals surface area contributed by atoms with Crippen molar-refractivity contribution >= 4 is 11.6 Å². The van der Waals surface area contributed by atoms with E-state index in [1.807, 2.05) is 14.1 Å². The van der Waals surface area contributed by atoms with Crippen molar-refractivity contribution in [3.05, 3.63) is 29.8 Å². The van der Waals surface area contributed by atoms with E-state index in [9.17, 15) is 4.79 Å². The summed E-state index contributed by atoms with van der Waals surface area (Å²) in [5, 5.41) is 6.43. The van der Waals surface area contributed by atoms with Crippen LogP contribution >= 0.6 is 0 Å². The van der Waals surface area contributed by atoms with Gasteiger partial charge in [0.05, 0.1) is 0 Å². The fraction of sp³-hybridized carbons (Fsp3) is 0.562. The second-order valence-electron chi connectivity index (χ2n) is 5.86. The van der Waals surface area contributed by atoms with Crippen LogP contribution in [0.5, 0.6) is 0 Å². The molecule has 0 aliphatic carbocycles. The smallest absolute Gasteiger partial charge is 0.223 e. The highest BCUT2D eigenvalue weighted by Crippen LogP contribution is 2.16. The Morgan fingerprint density at radius 1 is 1.35 bits per heavy atom. The van der Waals surface area contributed by atoms with Crippen molar-refractivity contribution in [1.29, 1.82) is 0 Å². The average Bonchev–Trinajstić information content (AvgIpc) is 2.45. The van der Waals surface area contributed by atoms with Gasteiger partial charge in [0.2, 0.25) is 5.91 Å². The van der Waals surface area contributed by atoms with Crippen molar-refractivity contribution in [2.45, 2.75) is 32.4 Å². The van der Waals surface area contributed by atoms with E-state index >= 15 is 0 Å². The molecule has 1 aromatic carbocycles. The van der Waals surface area contributed by atoms with Crippen LogP contribution in [0.15, 0.2) is 24.3 Å². The number of carbonyl (C=O) groups is 1. The van der Waals surface area contributed by atoms with Crippen LogP contribution in [0.1, 0.15) is 25.3 Å². The first-order chi connectivity index (χ1) is 9.56. The van der Waals surface area contributed by atoms with Crippen LogP contribution in [0.4, 0.5) is 5.69 Å². The quantitative estimate of drug-likeness (QED) is 0.880. The van der Waals surface area contributed by atoms with Gasteiger partial charge in [0.25, 0.3) is 0 Å². The number of rotatable bonds is 4. The van der Waals surface area contributed by atoms with Gasteiger partial charge in [-0.15, -0.1) is 0 Å². The highest BCUT2D eigenvalue weighted by atomic mass is 16.1. The SMILES string of the molecule is CC1CC(C(=O)NCc2ccc(N(C)C)cc2)CCN1. The third-order valence-corrected chi connectivity index (χ3v) is 3.91. The van der Waals surface area contributed by atoms with E-state index in [0.717, 1.165) is 24.9 Å². The predicted octanol–water partition coefficient (Wildman–Crippen LogP) is 1.76. The first kappa shape index (κ1) is 14.9. The first-order valence-corrected chi connectivity index (χ1v) is 7.33. The minimum atomic E-state index is 0.160. The minimum absolute atomic E-state index is 0.160. The minimum Gasteiger partial charge on any atom is -0.378 e. The zero-order chi connectivity index (χ0) is 14.5. The number of carbonyl (C=O) groups excluding carboxylic acids is 1. The maximum atomic E-state index is 12.1. The molecule has 110 valence electrons. The number of piperidine rings is 1. The van der Waals surface area contributed by atoms with Crippen LogP contribution in [-0.4, -0.2) is 32.6 Å². The molecule has 4 nitrogen and oxygen atoms in total. The highest BCUT2D eigenvalue weighted by Gasteiger charge is 2.24. The second kappa shape index (κ2) is 6.75. The molecule has 2 unspecified atom stereocenters. The highest BCUT2D eigenvalue weighted by molar-refractivity contribution is 5.78. The van der Waals surface area contributed by atoms with Gasteiger partial charge in [-0.25, -0.2) is 0 Å².